The summed E-state index contributed by atoms with van der Waals surface area (Å²) in [5.74, 6) is 0.993. The van der Waals surface area contributed by atoms with Crippen molar-refractivity contribution in [3.8, 4) is 17.2 Å². The fourth-order valence-corrected chi connectivity index (χ4v) is 3.56. The molecule has 28 heavy (non-hydrogen) atoms. The summed E-state index contributed by atoms with van der Waals surface area (Å²) in [4.78, 5) is 27.8. The fraction of sp³-hybridized carbons (Fsp3) is 0.364. The molecule has 0 aliphatic carbocycles. The summed E-state index contributed by atoms with van der Waals surface area (Å²) in [6, 6.07) is 10.2. The molecule has 1 aliphatic heterocycles. The Morgan fingerprint density at radius 1 is 0.929 bits per heavy atom. The molecule has 1 heterocycles. The Morgan fingerprint density at radius 2 is 1.54 bits per heavy atom. The number of methoxy groups -OCH3 is 3. The Labute approximate surface area is 165 Å². The predicted molar refractivity (Wildman–Crippen MR) is 106 cm³/mol. The van der Waals surface area contributed by atoms with Crippen LogP contribution in [0.5, 0.6) is 17.2 Å². The topological polar surface area (TPSA) is 65.1 Å². The highest BCUT2D eigenvalue weighted by molar-refractivity contribution is 6.05. The van der Waals surface area contributed by atoms with Crippen LogP contribution in [0.4, 0.5) is 0 Å². The van der Waals surface area contributed by atoms with Crippen molar-refractivity contribution in [1.29, 1.82) is 0 Å². The van der Waals surface area contributed by atoms with Gasteiger partial charge in [-0.1, -0.05) is 29.8 Å². The van der Waals surface area contributed by atoms with E-state index in [-0.39, 0.29) is 11.7 Å². The van der Waals surface area contributed by atoms with E-state index in [9.17, 15) is 9.59 Å². The monoisotopic (exact) mass is 383 g/mol. The summed E-state index contributed by atoms with van der Waals surface area (Å²) in [6.07, 6.45) is 1.45. The first-order chi connectivity index (χ1) is 13.5. The lowest BCUT2D eigenvalue weighted by molar-refractivity contribution is 0.0671. The smallest absolute Gasteiger partial charge is 0.254 e. The molecular weight excluding hydrogens is 358 g/mol. The van der Waals surface area contributed by atoms with Crippen molar-refractivity contribution >= 4 is 11.7 Å². The maximum Gasteiger partial charge on any atom is 0.254 e. The molecule has 0 N–H and O–H groups in total. The van der Waals surface area contributed by atoms with Crippen LogP contribution in [-0.4, -0.2) is 50.5 Å². The molecule has 1 aliphatic rings. The van der Waals surface area contributed by atoms with Gasteiger partial charge in [-0.25, -0.2) is 0 Å². The second-order valence-electron chi connectivity index (χ2n) is 6.80. The van der Waals surface area contributed by atoms with E-state index in [4.69, 9.17) is 14.2 Å². The summed E-state index contributed by atoms with van der Waals surface area (Å²) in [6.45, 7) is 2.52. The van der Waals surface area contributed by atoms with Gasteiger partial charge in [-0.15, -0.1) is 0 Å². The number of ether oxygens (including phenoxy) is 3. The van der Waals surface area contributed by atoms with Crippen molar-refractivity contribution in [3.05, 3.63) is 53.1 Å². The van der Waals surface area contributed by atoms with Gasteiger partial charge in [0.1, 0.15) is 0 Å². The first kappa shape index (κ1) is 19.7. The number of hydrogen-bond acceptors (Lipinski definition) is 5. The molecule has 1 unspecified atom stereocenters. The van der Waals surface area contributed by atoms with Crippen LogP contribution in [-0.2, 0) is 0 Å². The number of carbonyl (C=O) groups is 2. The minimum absolute atomic E-state index is 0.0294. The van der Waals surface area contributed by atoms with Crippen LogP contribution in [0.2, 0.25) is 0 Å². The van der Waals surface area contributed by atoms with Crippen LogP contribution in [0.3, 0.4) is 0 Å². The summed E-state index contributed by atoms with van der Waals surface area (Å²) in [7, 11) is 4.52. The van der Waals surface area contributed by atoms with E-state index in [1.807, 2.05) is 31.2 Å². The number of Topliss-reactive ketones (excluding diaryl/α,β-unsaturated/α-hetero) is 1. The van der Waals surface area contributed by atoms with E-state index in [0.717, 1.165) is 12.0 Å². The van der Waals surface area contributed by atoms with Crippen LogP contribution in [0.15, 0.2) is 36.4 Å². The number of benzene rings is 2. The van der Waals surface area contributed by atoms with Gasteiger partial charge in [0.05, 0.1) is 27.4 Å². The minimum atomic E-state index is -0.464. The number of rotatable bonds is 6. The molecule has 6 heteroatoms. The van der Waals surface area contributed by atoms with Crippen LogP contribution in [0.1, 0.15) is 39.1 Å². The lowest BCUT2D eigenvalue weighted by Gasteiger charge is -2.24. The van der Waals surface area contributed by atoms with E-state index in [1.165, 1.54) is 21.3 Å². The fourth-order valence-electron chi connectivity index (χ4n) is 3.56. The third kappa shape index (κ3) is 3.67. The summed E-state index contributed by atoms with van der Waals surface area (Å²) >= 11 is 0. The molecule has 1 amide bonds. The summed E-state index contributed by atoms with van der Waals surface area (Å²) in [5.41, 5.74) is 2.12. The Balaban J connectivity index is 1.91. The van der Waals surface area contributed by atoms with Crippen molar-refractivity contribution in [2.45, 2.75) is 25.8 Å². The highest BCUT2D eigenvalue weighted by Gasteiger charge is 2.35. The van der Waals surface area contributed by atoms with E-state index < -0.39 is 6.04 Å². The molecule has 148 valence electrons. The van der Waals surface area contributed by atoms with Crippen molar-refractivity contribution in [2.24, 2.45) is 0 Å². The molecule has 0 bridgehead atoms. The second kappa shape index (κ2) is 8.33. The first-order valence-corrected chi connectivity index (χ1v) is 9.22. The number of amides is 1. The molecule has 2 aromatic rings. The van der Waals surface area contributed by atoms with E-state index in [1.54, 1.807) is 17.0 Å². The minimum Gasteiger partial charge on any atom is -0.493 e. The quantitative estimate of drug-likeness (QED) is 0.714. The second-order valence-corrected chi connectivity index (χ2v) is 6.80. The Kier molecular flexibility index (Phi) is 5.87. The lowest BCUT2D eigenvalue weighted by Crippen LogP contribution is -2.40. The number of carbonyl (C=O) groups excluding carboxylic acids is 2. The number of aryl methyl sites for hydroxylation is 1. The largest absolute Gasteiger partial charge is 0.493 e. The molecule has 2 aromatic carbocycles. The molecule has 0 spiro atoms. The molecule has 0 aromatic heterocycles. The van der Waals surface area contributed by atoms with Crippen molar-refractivity contribution in [1.82, 2.24) is 4.90 Å². The van der Waals surface area contributed by atoms with Gasteiger partial charge < -0.3 is 19.1 Å². The van der Waals surface area contributed by atoms with Gasteiger partial charge in [0, 0.05) is 17.7 Å². The zero-order valence-corrected chi connectivity index (χ0v) is 16.7. The molecule has 1 saturated heterocycles. The number of nitrogens with zero attached hydrogens (tertiary/aromatic N) is 1. The van der Waals surface area contributed by atoms with Gasteiger partial charge in [-0.2, -0.15) is 0 Å². The summed E-state index contributed by atoms with van der Waals surface area (Å²) in [5, 5.41) is 0. The highest BCUT2D eigenvalue weighted by Crippen LogP contribution is 2.39. The predicted octanol–water partition coefficient (Wildman–Crippen LogP) is 3.51. The highest BCUT2D eigenvalue weighted by atomic mass is 16.5. The number of ketones is 1. The molecule has 6 nitrogen and oxygen atoms in total. The molecule has 1 atom stereocenters. The van der Waals surface area contributed by atoms with Gasteiger partial charge in [0.15, 0.2) is 17.3 Å². The third-order valence-electron chi connectivity index (χ3n) is 5.06. The van der Waals surface area contributed by atoms with Gasteiger partial charge >= 0.3 is 0 Å². The van der Waals surface area contributed by atoms with E-state index >= 15 is 0 Å². The molecule has 0 radical (unpaired) electrons. The van der Waals surface area contributed by atoms with Gasteiger partial charge in [0.2, 0.25) is 5.75 Å². The van der Waals surface area contributed by atoms with Crippen LogP contribution >= 0.6 is 0 Å². The van der Waals surface area contributed by atoms with Crippen molar-refractivity contribution < 1.29 is 23.8 Å². The molecule has 1 fully saturated rings. The molecular formula is C22H25NO5. The molecule has 0 saturated carbocycles. The van der Waals surface area contributed by atoms with Crippen LogP contribution in [0.25, 0.3) is 0 Å². The number of hydrogen-bond donors (Lipinski definition) is 0. The maximum atomic E-state index is 13.2. The lowest BCUT2D eigenvalue weighted by atomic mass is 10.0. The normalized spacial score (nSPS) is 16.0. The van der Waals surface area contributed by atoms with Gasteiger partial charge in [0.25, 0.3) is 5.91 Å². The van der Waals surface area contributed by atoms with Crippen molar-refractivity contribution in [2.75, 3.05) is 27.9 Å². The van der Waals surface area contributed by atoms with Gasteiger partial charge in [-0.3, -0.25) is 9.59 Å². The Hall–Kier alpha value is -3.02. The standard InChI is InChI=1S/C22H25NO5/c1-14-7-9-15(10-8-14)20(24)17-6-5-11-23(17)22(25)16-12-18(26-2)21(28-4)19(13-16)27-3/h7-10,12-13,17H,5-6,11H2,1-4H3. The van der Waals surface area contributed by atoms with E-state index in [0.29, 0.717) is 41.3 Å². The average molecular weight is 383 g/mol. The Morgan fingerprint density at radius 3 is 2.07 bits per heavy atom. The SMILES string of the molecule is COc1cc(C(=O)N2CCCC2C(=O)c2ccc(C)cc2)cc(OC)c1OC. The van der Waals surface area contributed by atoms with Crippen molar-refractivity contribution in [3.63, 3.8) is 0 Å². The number of likely N-dealkylation sites (tertiary alicyclic amines) is 1. The zero-order valence-electron chi connectivity index (χ0n) is 16.7. The van der Waals surface area contributed by atoms with Crippen LogP contribution < -0.4 is 14.2 Å². The third-order valence-corrected chi connectivity index (χ3v) is 5.06. The van der Waals surface area contributed by atoms with Crippen LogP contribution in [0, 0.1) is 6.92 Å². The van der Waals surface area contributed by atoms with E-state index in [2.05, 4.69) is 0 Å². The zero-order chi connectivity index (χ0) is 20.3. The summed E-state index contributed by atoms with van der Waals surface area (Å²) < 4.78 is 16.0. The first-order valence-electron chi connectivity index (χ1n) is 9.22. The maximum absolute atomic E-state index is 13.2. The van der Waals surface area contributed by atoms with Gasteiger partial charge in [-0.05, 0) is 31.9 Å². The Bertz CT molecular complexity index is 850. The average Bonchev–Trinajstić information content (AvgIpc) is 3.21. The molecule has 3 rings (SSSR count).